The predicted octanol–water partition coefficient (Wildman–Crippen LogP) is 3.00. The minimum Gasteiger partial charge on any atom is -0.419 e. The van der Waals surface area contributed by atoms with E-state index >= 15 is 0 Å². The molecule has 0 saturated carbocycles. The summed E-state index contributed by atoms with van der Waals surface area (Å²) in [7, 11) is 0. The molecule has 0 saturated heterocycles. The fourth-order valence-corrected chi connectivity index (χ4v) is 1.55. The number of hydrogen-bond acceptors (Lipinski definition) is 4. The van der Waals surface area contributed by atoms with E-state index in [2.05, 4.69) is 15.5 Å². The number of nitrogens with one attached hydrogen (secondary N) is 1. The monoisotopic (exact) mass is 289 g/mol. The minimum absolute atomic E-state index is 0.0222. The molecule has 0 atom stereocenters. The Bertz CT molecular complexity index is 595. The van der Waals surface area contributed by atoms with Gasteiger partial charge in [0.05, 0.1) is 12.1 Å². The number of hydrogen-bond donors (Lipinski definition) is 1. The summed E-state index contributed by atoms with van der Waals surface area (Å²) in [5.74, 6) is -1.17. The lowest BCUT2D eigenvalue weighted by molar-refractivity contribution is -0.139. The van der Waals surface area contributed by atoms with Crippen molar-refractivity contribution in [3.05, 3.63) is 35.5 Å². The van der Waals surface area contributed by atoms with E-state index < -0.39 is 17.6 Å². The van der Waals surface area contributed by atoms with Crippen molar-refractivity contribution in [3.63, 3.8) is 0 Å². The molecule has 20 heavy (non-hydrogen) atoms. The van der Waals surface area contributed by atoms with Gasteiger partial charge in [-0.1, -0.05) is 6.92 Å². The number of aromatic nitrogens is 2. The van der Waals surface area contributed by atoms with Crippen LogP contribution in [0.1, 0.15) is 18.4 Å². The van der Waals surface area contributed by atoms with Gasteiger partial charge >= 0.3 is 6.18 Å². The first kappa shape index (κ1) is 14.4. The van der Waals surface area contributed by atoms with Gasteiger partial charge in [-0.2, -0.15) is 13.2 Å². The van der Waals surface area contributed by atoms with Crippen LogP contribution in [0, 0.1) is 5.82 Å². The lowest BCUT2D eigenvalue weighted by Crippen LogP contribution is -2.11. The predicted molar refractivity (Wildman–Crippen MR) is 62.1 cm³/mol. The van der Waals surface area contributed by atoms with E-state index in [0.717, 1.165) is 12.1 Å². The molecule has 1 heterocycles. The minimum atomic E-state index is -4.77. The Morgan fingerprint density at radius 3 is 2.65 bits per heavy atom. The van der Waals surface area contributed by atoms with Crippen molar-refractivity contribution in [3.8, 4) is 11.5 Å². The highest BCUT2D eigenvalue weighted by atomic mass is 19.4. The van der Waals surface area contributed by atoms with Crippen LogP contribution in [-0.4, -0.2) is 16.7 Å². The molecule has 0 unspecified atom stereocenters. The molecule has 4 nitrogen and oxygen atoms in total. The van der Waals surface area contributed by atoms with Crippen molar-refractivity contribution in [1.29, 1.82) is 0 Å². The fourth-order valence-electron chi connectivity index (χ4n) is 1.55. The van der Waals surface area contributed by atoms with Crippen molar-refractivity contribution in [2.45, 2.75) is 19.6 Å². The van der Waals surface area contributed by atoms with Crippen molar-refractivity contribution < 1.29 is 22.0 Å². The zero-order valence-corrected chi connectivity index (χ0v) is 10.5. The summed E-state index contributed by atoms with van der Waals surface area (Å²) in [4.78, 5) is 0. The van der Waals surface area contributed by atoms with Crippen LogP contribution in [0.25, 0.3) is 11.5 Å². The van der Waals surface area contributed by atoms with Gasteiger partial charge in [-0.3, -0.25) is 0 Å². The Balaban J connectivity index is 2.31. The highest BCUT2D eigenvalue weighted by molar-refractivity contribution is 5.54. The lowest BCUT2D eigenvalue weighted by atomic mass is 10.1. The van der Waals surface area contributed by atoms with Gasteiger partial charge in [-0.05, 0) is 24.7 Å². The molecular formula is C12H11F4N3O. The maximum atomic E-state index is 13.2. The molecule has 1 aromatic carbocycles. The van der Waals surface area contributed by atoms with Gasteiger partial charge in [0.2, 0.25) is 11.8 Å². The molecule has 1 N–H and O–H groups in total. The second kappa shape index (κ2) is 5.58. The first-order valence-electron chi connectivity index (χ1n) is 5.82. The number of benzene rings is 1. The molecule has 2 aromatic rings. The van der Waals surface area contributed by atoms with Gasteiger partial charge in [0.1, 0.15) is 5.82 Å². The van der Waals surface area contributed by atoms with E-state index in [4.69, 9.17) is 4.42 Å². The molecule has 0 fully saturated rings. The second-order valence-electron chi connectivity index (χ2n) is 3.97. The summed E-state index contributed by atoms with van der Waals surface area (Å²) in [6.45, 7) is 2.89. The Morgan fingerprint density at radius 2 is 2.00 bits per heavy atom. The topological polar surface area (TPSA) is 51.0 Å². The van der Waals surface area contributed by atoms with E-state index in [1.54, 1.807) is 0 Å². The molecule has 0 radical (unpaired) electrons. The Kier molecular flexibility index (Phi) is 4.03. The normalized spacial score (nSPS) is 11.8. The number of rotatable bonds is 4. The Labute approximate surface area is 111 Å². The van der Waals surface area contributed by atoms with Crippen molar-refractivity contribution in [2.75, 3.05) is 6.54 Å². The molecule has 0 aliphatic rings. The summed E-state index contributed by atoms with van der Waals surface area (Å²) < 4.78 is 56.2. The zero-order valence-electron chi connectivity index (χ0n) is 10.5. The van der Waals surface area contributed by atoms with E-state index in [1.807, 2.05) is 6.92 Å². The van der Waals surface area contributed by atoms with Gasteiger partial charge in [-0.25, -0.2) is 4.39 Å². The third kappa shape index (κ3) is 3.13. The summed E-state index contributed by atoms with van der Waals surface area (Å²) in [6.07, 6.45) is -4.77. The lowest BCUT2D eigenvalue weighted by Gasteiger charge is -2.08. The molecule has 0 aliphatic heterocycles. The van der Waals surface area contributed by atoms with E-state index in [-0.39, 0.29) is 17.3 Å². The molecule has 0 aliphatic carbocycles. The maximum absolute atomic E-state index is 13.2. The third-order valence-corrected chi connectivity index (χ3v) is 2.51. The first-order valence-corrected chi connectivity index (χ1v) is 5.82. The van der Waals surface area contributed by atoms with Crippen LogP contribution < -0.4 is 5.32 Å². The molecule has 8 heteroatoms. The van der Waals surface area contributed by atoms with E-state index in [1.165, 1.54) is 0 Å². The summed E-state index contributed by atoms with van der Waals surface area (Å²) in [5, 5.41) is 10.3. The van der Waals surface area contributed by atoms with Gasteiger partial charge in [0.15, 0.2) is 0 Å². The van der Waals surface area contributed by atoms with Crippen LogP contribution in [0.3, 0.4) is 0 Å². The van der Waals surface area contributed by atoms with E-state index in [0.29, 0.717) is 19.2 Å². The molecule has 108 valence electrons. The van der Waals surface area contributed by atoms with Crippen molar-refractivity contribution >= 4 is 0 Å². The van der Waals surface area contributed by atoms with Gasteiger partial charge in [0, 0.05) is 5.56 Å². The fraction of sp³-hybridized carbons (Fsp3) is 0.333. The molecular weight excluding hydrogens is 278 g/mol. The second-order valence-corrected chi connectivity index (χ2v) is 3.97. The smallest absolute Gasteiger partial charge is 0.419 e. The van der Waals surface area contributed by atoms with Gasteiger partial charge in [0.25, 0.3) is 0 Å². The molecule has 1 aromatic heterocycles. The van der Waals surface area contributed by atoms with Crippen molar-refractivity contribution in [2.24, 2.45) is 0 Å². The maximum Gasteiger partial charge on any atom is 0.419 e. The standard InChI is InChI=1S/C12H11F4N3O/c1-2-17-6-10-18-19-11(20-10)7-3-4-9(13)8(5-7)12(14,15)16/h3-5,17H,2,6H2,1H3. The van der Waals surface area contributed by atoms with Crippen LogP contribution in [0.5, 0.6) is 0 Å². The third-order valence-electron chi connectivity index (χ3n) is 2.51. The van der Waals surface area contributed by atoms with Crippen LogP contribution in [0.2, 0.25) is 0 Å². The van der Waals surface area contributed by atoms with E-state index in [9.17, 15) is 17.6 Å². The van der Waals surface area contributed by atoms with Crippen molar-refractivity contribution in [1.82, 2.24) is 15.5 Å². The van der Waals surface area contributed by atoms with Gasteiger partial charge in [-0.15, -0.1) is 10.2 Å². The number of nitrogens with zero attached hydrogens (tertiary/aromatic N) is 2. The molecule has 0 spiro atoms. The summed E-state index contributed by atoms with van der Waals surface area (Å²) in [6, 6.07) is 2.54. The first-order chi connectivity index (χ1) is 9.41. The zero-order chi connectivity index (χ0) is 14.8. The molecule has 0 amide bonds. The number of alkyl halides is 3. The summed E-state index contributed by atoms with van der Waals surface area (Å²) in [5.41, 5.74) is -1.34. The Hall–Kier alpha value is -1.96. The summed E-state index contributed by atoms with van der Waals surface area (Å²) >= 11 is 0. The quantitative estimate of drug-likeness (QED) is 0.879. The highest BCUT2D eigenvalue weighted by Gasteiger charge is 2.34. The van der Waals surface area contributed by atoms with Crippen LogP contribution >= 0.6 is 0 Å². The van der Waals surface area contributed by atoms with Crippen LogP contribution in [0.4, 0.5) is 17.6 Å². The number of halogens is 4. The molecule has 0 bridgehead atoms. The van der Waals surface area contributed by atoms with Crippen LogP contribution in [0.15, 0.2) is 22.6 Å². The highest BCUT2D eigenvalue weighted by Crippen LogP contribution is 2.33. The SMILES string of the molecule is CCNCc1nnc(-c2ccc(F)c(C(F)(F)F)c2)o1. The Morgan fingerprint density at radius 1 is 1.25 bits per heavy atom. The van der Waals surface area contributed by atoms with Crippen LogP contribution in [-0.2, 0) is 12.7 Å². The largest absolute Gasteiger partial charge is 0.419 e. The molecule has 2 rings (SSSR count). The average molecular weight is 289 g/mol. The van der Waals surface area contributed by atoms with Gasteiger partial charge < -0.3 is 9.73 Å². The average Bonchev–Trinajstić information content (AvgIpc) is 2.84.